The molecule has 2 aromatic carbocycles. The van der Waals surface area contributed by atoms with Crippen LogP contribution in [-0.2, 0) is 6.54 Å². The van der Waals surface area contributed by atoms with Gasteiger partial charge in [0.15, 0.2) is 5.82 Å². The van der Waals surface area contributed by atoms with Crippen molar-refractivity contribution in [1.29, 1.82) is 0 Å². The van der Waals surface area contributed by atoms with Crippen LogP contribution in [0.15, 0.2) is 54.6 Å². The summed E-state index contributed by atoms with van der Waals surface area (Å²) in [6, 6.07) is 17.8. The van der Waals surface area contributed by atoms with Gasteiger partial charge in [-0.25, -0.2) is 18.7 Å². The number of anilines is 1. The highest BCUT2D eigenvalue weighted by molar-refractivity contribution is 5.89. The molecule has 4 rings (SSSR count). The maximum absolute atomic E-state index is 13.1. The summed E-state index contributed by atoms with van der Waals surface area (Å²) in [5.74, 6) is 0.0720. The minimum Gasteiger partial charge on any atom is -0.365 e. The van der Waals surface area contributed by atoms with Gasteiger partial charge in [-0.05, 0) is 24.1 Å². The molecule has 0 spiro atoms. The van der Waals surface area contributed by atoms with Crippen LogP contribution in [0.5, 0.6) is 0 Å². The maximum Gasteiger partial charge on any atom is 0.297 e. The van der Waals surface area contributed by atoms with Gasteiger partial charge in [0, 0.05) is 31.1 Å². The fourth-order valence-corrected chi connectivity index (χ4v) is 3.43. The molecule has 4 nitrogen and oxygen atoms in total. The zero-order chi connectivity index (χ0) is 17.9. The molecule has 1 fully saturated rings. The second kappa shape index (κ2) is 7.33. The number of nitrogens with zero attached hydrogens (tertiary/aromatic N) is 3. The van der Waals surface area contributed by atoms with Crippen molar-refractivity contribution >= 4 is 16.7 Å². The quantitative estimate of drug-likeness (QED) is 0.744. The van der Waals surface area contributed by atoms with E-state index in [2.05, 4.69) is 32.3 Å². The number of fused-ring (bicyclic) bond motifs is 1. The Bertz CT molecular complexity index is 885. The number of halogens is 2. The number of alkyl halides is 2. The summed E-state index contributed by atoms with van der Waals surface area (Å²) in [7, 11) is 0. The van der Waals surface area contributed by atoms with Crippen LogP contribution in [-0.4, -0.2) is 34.0 Å². The normalized spacial score (nSPS) is 17.9. The fraction of sp³-hybridized carbons (Fsp3) is 0.300. The van der Waals surface area contributed by atoms with Crippen molar-refractivity contribution in [3.05, 3.63) is 66.0 Å². The number of rotatable bonds is 5. The first-order valence-corrected chi connectivity index (χ1v) is 8.76. The van der Waals surface area contributed by atoms with Crippen LogP contribution in [0.25, 0.3) is 10.9 Å². The van der Waals surface area contributed by atoms with E-state index in [9.17, 15) is 8.78 Å². The topological polar surface area (TPSA) is 41.1 Å². The highest BCUT2D eigenvalue weighted by Crippen LogP contribution is 2.26. The molecule has 0 saturated carbocycles. The second-order valence-electron chi connectivity index (χ2n) is 6.60. The Morgan fingerprint density at radius 1 is 1.04 bits per heavy atom. The molecule has 1 atom stereocenters. The van der Waals surface area contributed by atoms with E-state index in [0.29, 0.717) is 11.3 Å². The predicted molar refractivity (Wildman–Crippen MR) is 98.2 cm³/mol. The monoisotopic (exact) mass is 354 g/mol. The van der Waals surface area contributed by atoms with Gasteiger partial charge in [-0.3, -0.25) is 4.90 Å². The van der Waals surface area contributed by atoms with Crippen LogP contribution in [0.3, 0.4) is 0 Å². The zero-order valence-electron chi connectivity index (χ0n) is 14.3. The molecule has 6 heteroatoms. The van der Waals surface area contributed by atoms with Crippen molar-refractivity contribution in [1.82, 2.24) is 14.9 Å². The van der Waals surface area contributed by atoms with Crippen LogP contribution in [0.4, 0.5) is 14.6 Å². The van der Waals surface area contributed by atoms with E-state index in [1.165, 1.54) is 5.56 Å². The number of hydrogen-bond acceptors (Lipinski definition) is 4. The summed E-state index contributed by atoms with van der Waals surface area (Å²) in [5.41, 5.74) is 1.82. The molecule has 1 aromatic heterocycles. The lowest BCUT2D eigenvalue weighted by molar-refractivity contribution is 0.141. The molecule has 0 bridgehead atoms. The molecule has 1 saturated heterocycles. The molecule has 26 heavy (non-hydrogen) atoms. The first-order chi connectivity index (χ1) is 12.7. The van der Waals surface area contributed by atoms with E-state index in [0.717, 1.165) is 31.4 Å². The summed E-state index contributed by atoms with van der Waals surface area (Å²) in [5, 5.41) is 4.15. The van der Waals surface area contributed by atoms with E-state index >= 15 is 0 Å². The summed E-state index contributed by atoms with van der Waals surface area (Å²) in [6.45, 7) is 2.72. The lowest BCUT2D eigenvalue weighted by Crippen LogP contribution is -2.26. The third-order valence-electron chi connectivity index (χ3n) is 4.68. The van der Waals surface area contributed by atoms with Crippen molar-refractivity contribution in [2.75, 3.05) is 18.4 Å². The van der Waals surface area contributed by atoms with Crippen LogP contribution in [0.1, 0.15) is 24.2 Å². The Kier molecular flexibility index (Phi) is 4.75. The van der Waals surface area contributed by atoms with E-state index in [1.807, 2.05) is 30.3 Å². The van der Waals surface area contributed by atoms with E-state index in [4.69, 9.17) is 0 Å². The van der Waals surface area contributed by atoms with Gasteiger partial charge in [0.1, 0.15) is 5.82 Å². The predicted octanol–water partition coefficient (Wildman–Crippen LogP) is 4.25. The summed E-state index contributed by atoms with van der Waals surface area (Å²) >= 11 is 0. The molecule has 2 heterocycles. The van der Waals surface area contributed by atoms with Gasteiger partial charge in [0.05, 0.1) is 5.52 Å². The van der Waals surface area contributed by atoms with Gasteiger partial charge in [-0.1, -0.05) is 42.5 Å². The Morgan fingerprint density at radius 2 is 1.81 bits per heavy atom. The van der Waals surface area contributed by atoms with E-state index in [1.54, 1.807) is 12.1 Å². The number of nitrogens with one attached hydrogen (secondary N) is 1. The molecule has 0 aliphatic carbocycles. The zero-order valence-corrected chi connectivity index (χ0v) is 14.3. The van der Waals surface area contributed by atoms with Crippen molar-refractivity contribution in [3.63, 3.8) is 0 Å². The van der Waals surface area contributed by atoms with E-state index in [-0.39, 0.29) is 6.04 Å². The summed E-state index contributed by atoms with van der Waals surface area (Å²) in [6.07, 6.45) is -1.73. The van der Waals surface area contributed by atoms with Crippen LogP contribution in [0.2, 0.25) is 0 Å². The third-order valence-corrected chi connectivity index (χ3v) is 4.68. The summed E-state index contributed by atoms with van der Waals surface area (Å²) < 4.78 is 26.3. The van der Waals surface area contributed by atoms with Crippen molar-refractivity contribution in [2.24, 2.45) is 0 Å². The lowest BCUT2D eigenvalue weighted by Gasteiger charge is -2.18. The third kappa shape index (κ3) is 3.65. The minimum absolute atomic E-state index is 0.183. The number of hydrogen-bond donors (Lipinski definition) is 1. The average molecular weight is 354 g/mol. The molecule has 1 aliphatic heterocycles. The van der Waals surface area contributed by atoms with Gasteiger partial charge in [0.25, 0.3) is 6.43 Å². The first-order valence-electron chi connectivity index (χ1n) is 8.76. The molecular formula is C20H20F2N4. The molecule has 1 unspecified atom stereocenters. The molecule has 1 N–H and O–H groups in total. The van der Waals surface area contributed by atoms with Gasteiger partial charge in [0.2, 0.25) is 0 Å². The summed E-state index contributed by atoms with van der Waals surface area (Å²) in [4.78, 5) is 10.4. The average Bonchev–Trinajstić information content (AvgIpc) is 3.09. The smallest absolute Gasteiger partial charge is 0.297 e. The van der Waals surface area contributed by atoms with Gasteiger partial charge >= 0.3 is 0 Å². The first kappa shape index (κ1) is 16.8. The lowest BCUT2D eigenvalue weighted by atomic mass is 10.2. The SMILES string of the molecule is FC(F)c1nc(NC2CCN(Cc3ccccc3)C2)c2ccccc2n1. The molecule has 0 amide bonds. The second-order valence-corrected chi connectivity index (χ2v) is 6.60. The van der Waals surface area contributed by atoms with Gasteiger partial charge in [-0.15, -0.1) is 0 Å². The van der Waals surface area contributed by atoms with Crippen molar-refractivity contribution < 1.29 is 8.78 Å². The largest absolute Gasteiger partial charge is 0.365 e. The standard InChI is InChI=1S/C20H20F2N4/c21-18(22)20-24-17-9-5-4-8-16(17)19(25-20)23-15-10-11-26(13-15)12-14-6-2-1-3-7-14/h1-9,15,18H,10-13H2,(H,23,24,25). The number of aromatic nitrogens is 2. The Hall–Kier alpha value is -2.60. The van der Waals surface area contributed by atoms with Gasteiger partial charge < -0.3 is 5.32 Å². The Morgan fingerprint density at radius 3 is 2.62 bits per heavy atom. The van der Waals surface area contributed by atoms with Crippen molar-refractivity contribution in [3.8, 4) is 0 Å². The number of likely N-dealkylation sites (tertiary alicyclic amines) is 1. The number of para-hydroxylation sites is 1. The highest BCUT2D eigenvalue weighted by atomic mass is 19.3. The molecular weight excluding hydrogens is 334 g/mol. The van der Waals surface area contributed by atoms with E-state index < -0.39 is 12.2 Å². The van der Waals surface area contributed by atoms with Crippen LogP contribution in [0, 0.1) is 0 Å². The number of benzene rings is 2. The van der Waals surface area contributed by atoms with Crippen LogP contribution >= 0.6 is 0 Å². The Balaban J connectivity index is 1.51. The molecule has 1 aliphatic rings. The highest BCUT2D eigenvalue weighted by Gasteiger charge is 2.24. The van der Waals surface area contributed by atoms with Crippen LogP contribution < -0.4 is 5.32 Å². The molecule has 3 aromatic rings. The van der Waals surface area contributed by atoms with Gasteiger partial charge in [-0.2, -0.15) is 0 Å². The molecule has 134 valence electrons. The fourth-order valence-electron chi connectivity index (χ4n) is 3.43. The van der Waals surface area contributed by atoms with Crippen molar-refractivity contribution in [2.45, 2.75) is 25.4 Å². The Labute approximate surface area is 150 Å². The molecule has 0 radical (unpaired) electrons. The maximum atomic E-state index is 13.1. The minimum atomic E-state index is -2.68.